The standard InChI is InChI=1S/C15H15FN2S/c1-2-10-6-3-4-8-12(10)18-13-9-5-7-11(16)14(13)15(17)19/h3-9,18H,2H2,1H3,(H2,17,19). The number of thiocarbonyl (C=S) groups is 1. The molecule has 0 aliphatic rings. The SMILES string of the molecule is CCc1ccccc1Nc1cccc(F)c1C(N)=S. The van der Waals surface area contributed by atoms with Crippen molar-refractivity contribution in [1.82, 2.24) is 0 Å². The maximum atomic E-state index is 13.8. The number of nitrogens with one attached hydrogen (secondary N) is 1. The van der Waals surface area contributed by atoms with Crippen molar-refractivity contribution in [2.75, 3.05) is 5.32 Å². The summed E-state index contributed by atoms with van der Waals surface area (Å²) in [5.74, 6) is -0.411. The second-order valence-corrected chi connectivity index (χ2v) is 4.60. The highest BCUT2D eigenvalue weighted by atomic mass is 32.1. The van der Waals surface area contributed by atoms with Gasteiger partial charge in [0.25, 0.3) is 0 Å². The number of anilines is 2. The van der Waals surface area contributed by atoms with E-state index in [2.05, 4.69) is 12.2 Å². The van der Waals surface area contributed by atoms with Crippen LogP contribution in [0, 0.1) is 5.82 Å². The molecule has 0 saturated carbocycles. The summed E-state index contributed by atoms with van der Waals surface area (Å²) in [4.78, 5) is 0.0505. The van der Waals surface area contributed by atoms with Gasteiger partial charge >= 0.3 is 0 Å². The van der Waals surface area contributed by atoms with E-state index in [1.54, 1.807) is 12.1 Å². The normalized spacial score (nSPS) is 10.2. The van der Waals surface area contributed by atoms with E-state index >= 15 is 0 Å². The Hall–Kier alpha value is -1.94. The molecule has 0 unspecified atom stereocenters. The molecule has 19 heavy (non-hydrogen) atoms. The Kier molecular flexibility index (Phi) is 4.12. The molecule has 2 rings (SSSR count). The predicted molar refractivity (Wildman–Crippen MR) is 81.4 cm³/mol. The first-order valence-electron chi connectivity index (χ1n) is 6.06. The Morgan fingerprint density at radius 3 is 2.53 bits per heavy atom. The van der Waals surface area contributed by atoms with Gasteiger partial charge in [-0.1, -0.05) is 43.4 Å². The van der Waals surface area contributed by atoms with Crippen molar-refractivity contribution in [2.45, 2.75) is 13.3 Å². The van der Waals surface area contributed by atoms with Gasteiger partial charge in [0, 0.05) is 5.69 Å². The van der Waals surface area contributed by atoms with Crippen LogP contribution in [0.3, 0.4) is 0 Å². The van der Waals surface area contributed by atoms with Gasteiger partial charge in [0.05, 0.1) is 11.3 Å². The van der Waals surface area contributed by atoms with Crippen molar-refractivity contribution >= 4 is 28.6 Å². The molecule has 0 radical (unpaired) electrons. The predicted octanol–water partition coefficient (Wildman–Crippen LogP) is 3.77. The first-order valence-corrected chi connectivity index (χ1v) is 6.47. The molecule has 0 aromatic heterocycles. The van der Waals surface area contributed by atoms with Crippen molar-refractivity contribution < 1.29 is 4.39 Å². The fourth-order valence-electron chi connectivity index (χ4n) is 1.97. The zero-order valence-corrected chi connectivity index (χ0v) is 11.4. The maximum absolute atomic E-state index is 13.8. The van der Waals surface area contributed by atoms with Crippen LogP contribution in [-0.2, 0) is 6.42 Å². The molecule has 0 fully saturated rings. The Labute approximate surface area is 117 Å². The van der Waals surface area contributed by atoms with E-state index in [9.17, 15) is 4.39 Å². The van der Waals surface area contributed by atoms with Crippen molar-refractivity contribution in [3.05, 3.63) is 59.4 Å². The molecule has 0 aliphatic carbocycles. The Morgan fingerprint density at radius 1 is 1.16 bits per heavy atom. The number of rotatable bonds is 4. The zero-order chi connectivity index (χ0) is 13.8. The van der Waals surface area contributed by atoms with E-state index in [4.69, 9.17) is 18.0 Å². The van der Waals surface area contributed by atoms with Crippen molar-refractivity contribution in [3.63, 3.8) is 0 Å². The molecule has 0 atom stereocenters. The van der Waals surface area contributed by atoms with E-state index in [0.29, 0.717) is 5.69 Å². The van der Waals surface area contributed by atoms with E-state index in [0.717, 1.165) is 17.7 Å². The lowest BCUT2D eigenvalue weighted by Gasteiger charge is -2.14. The summed E-state index contributed by atoms with van der Waals surface area (Å²) in [7, 11) is 0. The molecule has 0 amide bonds. The van der Waals surface area contributed by atoms with Gasteiger partial charge in [0.15, 0.2) is 0 Å². The van der Waals surface area contributed by atoms with Gasteiger partial charge in [-0.3, -0.25) is 0 Å². The van der Waals surface area contributed by atoms with E-state index in [1.807, 2.05) is 24.3 Å². The second-order valence-electron chi connectivity index (χ2n) is 4.16. The molecular weight excluding hydrogens is 259 g/mol. The molecule has 98 valence electrons. The minimum atomic E-state index is -0.411. The molecule has 0 bridgehead atoms. The van der Waals surface area contributed by atoms with Crippen LogP contribution >= 0.6 is 12.2 Å². The lowest BCUT2D eigenvalue weighted by Crippen LogP contribution is -2.14. The Balaban J connectivity index is 2.44. The fraction of sp³-hybridized carbons (Fsp3) is 0.133. The summed E-state index contributed by atoms with van der Waals surface area (Å²) in [5.41, 5.74) is 8.53. The van der Waals surface area contributed by atoms with Gasteiger partial charge in [0.1, 0.15) is 10.8 Å². The third-order valence-electron chi connectivity index (χ3n) is 2.93. The van der Waals surface area contributed by atoms with Crippen LogP contribution < -0.4 is 11.1 Å². The van der Waals surface area contributed by atoms with Crippen LogP contribution in [0.5, 0.6) is 0 Å². The van der Waals surface area contributed by atoms with Gasteiger partial charge in [0.2, 0.25) is 0 Å². The number of aryl methyl sites for hydroxylation is 1. The summed E-state index contributed by atoms with van der Waals surface area (Å²) in [6.45, 7) is 2.07. The molecule has 2 nitrogen and oxygen atoms in total. The smallest absolute Gasteiger partial charge is 0.135 e. The zero-order valence-electron chi connectivity index (χ0n) is 10.6. The third-order valence-corrected chi connectivity index (χ3v) is 3.13. The quantitative estimate of drug-likeness (QED) is 0.834. The molecule has 3 N–H and O–H groups in total. The molecular formula is C15H15FN2S. The summed E-state index contributed by atoms with van der Waals surface area (Å²) < 4.78 is 13.8. The molecule has 0 heterocycles. The Bertz CT molecular complexity index is 611. The number of halogens is 1. The summed E-state index contributed by atoms with van der Waals surface area (Å²) >= 11 is 4.91. The summed E-state index contributed by atoms with van der Waals surface area (Å²) in [5, 5.41) is 3.21. The van der Waals surface area contributed by atoms with Gasteiger partial charge in [-0.15, -0.1) is 0 Å². The van der Waals surface area contributed by atoms with Crippen LogP contribution in [0.4, 0.5) is 15.8 Å². The highest BCUT2D eigenvalue weighted by Crippen LogP contribution is 2.25. The van der Waals surface area contributed by atoms with Gasteiger partial charge in [-0.05, 0) is 30.2 Å². The molecule has 0 saturated heterocycles. The first-order chi connectivity index (χ1) is 9.13. The second kappa shape index (κ2) is 5.80. The number of benzene rings is 2. The van der Waals surface area contributed by atoms with Crippen LogP contribution in [-0.4, -0.2) is 4.99 Å². The highest BCUT2D eigenvalue weighted by molar-refractivity contribution is 7.80. The van der Waals surface area contributed by atoms with Crippen molar-refractivity contribution in [2.24, 2.45) is 5.73 Å². The van der Waals surface area contributed by atoms with Crippen LogP contribution in [0.2, 0.25) is 0 Å². The fourth-order valence-corrected chi connectivity index (χ4v) is 2.18. The average molecular weight is 274 g/mol. The first kappa shape index (κ1) is 13.5. The van der Waals surface area contributed by atoms with E-state index in [-0.39, 0.29) is 10.6 Å². The monoisotopic (exact) mass is 274 g/mol. The lowest BCUT2D eigenvalue weighted by molar-refractivity contribution is 0.626. The Morgan fingerprint density at radius 2 is 1.84 bits per heavy atom. The number of hydrogen-bond donors (Lipinski definition) is 2. The minimum Gasteiger partial charge on any atom is -0.389 e. The van der Waals surface area contributed by atoms with Gasteiger partial charge in [-0.2, -0.15) is 0 Å². The van der Waals surface area contributed by atoms with Crippen molar-refractivity contribution in [3.8, 4) is 0 Å². The molecule has 2 aromatic carbocycles. The van der Waals surface area contributed by atoms with E-state index < -0.39 is 5.82 Å². The topological polar surface area (TPSA) is 38.0 Å². The third kappa shape index (κ3) is 2.90. The number of para-hydroxylation sites is 1. The van der Waals surface area contributed by atoms with Crippen LogP contribution in [0.25, 0.3) is 0 Å². The van der Waals surface area contributed by atoms with Crippen LogP contribution in [0.1, 0.15) is 18.1 Å². The van der Waals surface area contributed by atoms with Gasteiger partial charge in [-0.25, -0.2) is 4.39 Å². The maximum Gasteiger partial charge on any atom is 0.135 e. The van der Waals surface area contributed by atoms with Crippen molar-refractivity contribution in [1.29, 1.82) is 0 Å². The average Bonchev–Trinajstić information content (AvgIpc) is 2.39. The van der Waals surface area contributed by atoms with Crippen LogP contribution in [0.15, 0.2) is 42.5 Å². The lowest BCUT2D eigenvalue weighted by atomic mass is 10.1. The molecule has 0 spiro atoms. The molecule has 0 aliphatic heterocycles. The largest absolute Gasteiger partial charge is 0.389 e. The van der Waals surface area contributed by atoms with E-state index in [1.165, 1.54) is 6.07 Å². The summed E-state index contributed by atoms with van der Waals surface area (Å²) in [6.07, 6.45) is 0.890. The van der Waals surface area contributed by atoms with Gasteiger partial charge < -0.3 is 11.1 Å². The number of nitrogens with two attached hydrogens (primary N) is 1. The number of hydrogen-bond acceptors (Lipinski definition) is 2. The minimum absolute atomic E-state index is 0.0505. The molecule has 2 aromatic rings. The summed E-state index contributed by atoms with van der Waals surface area (Å²) in [6, 6.07) is 12.6. The highest BCUT2D eigenvalue weighted by Gasteiger charge is 2.11. The molecule has 4 heteroatoms.